The molecular weight excluding hydrogens is 282 g/mol. The molecule has 0 radical (unpaired) electrons. The van der Waals surface area contributed by atoms with Gasteiger partial charge in [0.05, 0.1) is 12.3 Å². The highest BCUT2D eigenvalue weighted by Gasteiger charge is 2.41. The second-order valence-corrected chi connectivity index (χ2v) is 5.50. The molecule has 0 bridgehead atoms. The molecule has 0 saturated carbocycles. The molecular formula is C13H22ClN3O3. The molecule has 2 atom stereocenters. The van der Waals surface area contributed by atoms with Crippen LogP contribution in [0.4, 0.5) is 0 Å². The van der Waals surface area contributed by atoms with E-state index in [1.807, 2.05) is 0 Å². The highest BCUT2D eigenvalue weighted by Crippen LogP contribution is 2.17. The largest absolute Gasteiger partial charge is 0.343 e. The van der Waals surface area contributed by atoms with Gasteiger partial charge in [-0.3, -0.25) is 19.3 Å². The van der Waals surface area contributed by atoms with Crippen molar-refractivity contribution in [1.29, 1.82) is 0 Å². The number of hydrogen-bond donors (Lipinski definition) is 2. The van der Waals surface area contributed by atoms with E-state index in [0.29, 0.717) is 6.54 Å². The highest BCUT2D eigenvalue weighted by atomic mass is 35.5. The Labute approximate surface area is 125 Å². The molecule has 2 fully saturated rings. The third-order valence-corrected chi connectivity index (χ3v) is 3.68. The first-order chi connectivity index (χ1) is 9.00. The molecule has 7 heteroatoms. The van der Waals surface area contributed by atoms with Crippen molar-refractivity contribution in [2.45, 2.75) is 45.2 Å². The van der Waals surface area contributed by atoms with Gasteiger partial charge in [0.25, 0.3) is 5.91 Å². The molecule has 114 valence electrons. The van der Waals surface area contributed by atoms with E-state index in [1.165, 1.54) is 4.90 Å². The summed E-state index contributed by atoms with van der Waals surface area (Å²) in [6.45, 7) is 5.18. The van der Waals surface area contributed by atoms with Crippen molar-refractivity contribution >= 4 is 30.1 Å². The maximum absolute atomic E-state index is 12.1. The number of halogens is 1. The Morgan fingerprint density at radius 2 is 2.10 bits per heavy atom. The number of rotatable bonds is 3. The van der Waals surface area contributed by atoms with E-state index >= 15 is 0 Å². The number of piperidine rings is 1. The lowest BCUT2D eigenvalue weighted by molar-refractivity contribution is -0.141. The SMILES string of the molecule is CC(C)N1C(=O)CC(NC(=O)C2CCCNC2)C1=O.Cl. The summed E-state index contributed by atoms with van der Waals surface area (Å²) in [5, 5.41) is 5.89. The van der Waals surface area contributed by atoms with E-state index in [-0.39, 0.29) is 48.5 Å². The Morgan fingerprint density at radius 1 is 1.40 bits per heavy atom. The molecule has 20 heavy (non-hydrogen) atoms. The van der Waals surface area contributed by atoms with Crippen molar-refractivity contribution in [2.24, 2.45) is 5.92 Å². The lowest BCUT2D eigenvalue weighted by atomic mass is 9.98. The van der Waals surface area contributed by atoms with E-state index in [1.54, 1.807) is 13.8 Å². The monoisotopic (exact) mass is 303 g/mol. The predicted octanol–water partition coefficient (Wildman–Crippen LogP) is 0.0599. The Kier molecular flexibility index (Phi) is 5.95. The summed E-state index contributed by atoms with van der Waals surface area (Å²) in [6.07, 6.45) is 1.89. The van der Waals surface area contributed by atoms with Crippen LogP contribution in [0.1, 0.15) is 33.1 Å². The number of amides is 3. The molecule has 0 spiro atoms. The first-order valence-electron chi connectivity index (χ1n) is 6.87. The van der Waals surface area contributed by atoms with Gasteiger partial charge in [0.2, 0.25) is 11.8 Å². The van der Waals surface area contributed by atoms with Gasteiger partial charge in [-0.2, -0.15) is 0 Å². The van der Waals surface area contributed by atoms with Gasteiger partial charge in [0, 0.05) is 12.6 Å². The zero-order chi connectivity index (χ0) is 14.0. The van der Waals surface area contributed by atoms with Gasteiger partial charge < -0.3 is 10.6 Å². The average Bonchev–Trinajstić information content (AvgIpc) is 2.65. The normalized spacial score (nSPS) is 26.6. The molecule has 3 amide bonds. The van der Waals surface area contributed by atoms with Gasteiger partial charge in [0.1, 0.15) is 6.04 Å². The number of hydrogen-bond acceptors (Lipinski definition) is 4. The van der Waals surface area contributed by atoms with Crippen LogP contribution in [0.2, 0.25) is 0 Å². The maximum atomic E-state index is 12.1. The van der Waals surface area contributed by atoms with Gasteiger partial charge in [-0.25, -0.2) is 0 Å². The second kappa shape index (κ2) is 7.04. The van der Waals surface area contributed by atoms with Crippen LogP contribution in [0.3, 0.4) is 0 Å². The van der Waals surface area contributed by atoms with E-state index in [2.05, 4.69) is 10.6 Å². The number of imide groups is 1. The summed E-state index contributed by atoms with van der Waals surface area (Å²) in [4.78, 5) is 37.1. The molecule has 0 aliphatic carbocycles. The van der Waals surface area contributed by atoms with E-state index < -0.39 is 6.04 Å². The third-order valence-electron chi connectivity index (χ3n) is 3.68. The third kappa shape index (κ3) is 3.49. The van der Waals surface area contributed by atoms with Crippen molar-refractivity contribution in [1.82, 2.24) is 15.5 Å². The van der Waals surface area contributed by atoms with Crippen LogP contribution in [0.25, 0.3) is 0 Å². The zero-order valence-electron chi connectivity index (χ0n) is 11.8. The molecule has 0 aromatic rings. The minimum atomic E-state index is -0.677. The minimum Gasteiger partial charge on any atom is -0.343 e. The number of carbonyl (C=O) groups excluding carboxylic acids is 3. The van der Waals surface area contributed by atoms with Gasteiger partial charge in [-0.05, 0) is 33.2 Å². The number of likely N-dealkylation sites (tertiary alicyclic amines) is 1. The van der Waals surface area contributed by atoms with Crippen LogP contribution in [0.5, 0.6) is 0 Å². The Balaban J connectivity index is 0.00000200. The van der Waals surface area contributed by atoms with E-state index in [9.17, 15) is 14.4 Å². The standard InChI is InChI=1S/C13H21N3O3.ClH/c1-8(2)16-11(17)6-10(13(16)19)15-12(18)9-4-3-5-14-7-9;/h8-10,14H,3-7H2,1-2H3,(H,15,18);1H. The molecule has 2 aliphatic heterocycles. The fourth-order valence-corrected chi connectivity index (χ4v) is 2.67. The first-order valence-corrected chi connectivity index (χ1v) is 6.87. The van der Waals surface area contributed by atoms with Crippen LogP contribution in [-0.4, -0.2) is 47.8 Å². The molecule has 2 heterocycles. The maximum Gasteiger partial charge on any atom is 0.252 e. The summed E-state index contributed by atoms with van der Waals surface area (Å²) in [5.41, 5.74) is 0. The van der Waals surface area contributed by atoms with Crippen LogP contribution in [0.15, 0.2) is 0 Å². The van der Waals surface area contributed by atoms with Crippen molar-refractivity contribution < 1.29 is 14.4 Å². The lowest BCUT2D eigenvalue weighted by Gasteiger charge is -2.23. The molecule has 2 rings (SSSR count). The minimum absolute atomic E-state index is 0. The zero-order valence-corrected chi connectivity index (χ0v) is 12.7. The van der Waals surface area contributed by atoms with Gasteiger partial charge in [-0.1, -0.05) is 0 Å². The predicted molar refractivity (Wildman–Crippen MR) is 76.4 cm³/mol. The summed E-state index contributed by atoms with van der Waals surface area (Å²) in [7, 11) is 0. The van der Waals surface area contributed by atoms with Gasteiger partial charge >= 0.3 is 0 Å². The summed E-state index contributed by atoms with van der Waals surface area (Å²) >= 11 is 0. The molecule has 0 aromatic carbocycles. The number of nitrogens with zero attached hydrogens (tertiary/aromatic N) is 1. The molecule has 2 unspecified atom stereocenters. The summed E-state index contributed by atoms with van der Waals surface area (Å²) in [6, 6.07) is -0.831. The van der Waals surface area contributed by atoms with Crippen molar-refractivity contribution in [3.05, 3.63) is 0 Å². The van der Waals surface area contributed by atoms with Crippen LogP contribution in [-0.2, 0) is 14.4 Å². The quantitative estimate of drug-likeness (QED) is 0.723. The van der Waals surface area contributed by atoms with Crippen LogP contribution in [0, 0.1) is 5.92 Å². The first kappa shape index (κ1) is 16.9. The van der Waals surface area contributed by atoms with Crippen molar-refractivity contribution in [3.8, 4) is 0 Å². The molecule has 2 N–H and O–H groups in total. The van der Waals surface area contributed by atoms with Crippen molar-refractivity contribution in [2.75, 3.05) is 13.1 Å². The summed E-state index contributed by atoms with van der Waals surface area (Å²) in [5.74, 6) is -0.696. The fraction of sp³-hybridized carbons (Fsp3) is 0.769. The topological polar surface area (TPSA) is 78.5 Å². The lowest BCUT2D eigenvalue weighted by Crippen LogP contribution is -2.48. The van der Waals surface area contributed by atoms with E-state index in [4.69, 9.17) is 0 Å². The number of nitrogens with one attached hydrogen (secondary N) is 2. The number of carbonyl (C=O) groups is 3. The fourth-order valence-electron chi connectivity index (χ4n) is 2.67. The van der Waals surface area contributed by atoms with Crippen LogP contribution < -0.4 is 10.6 Å². The molecule has 2 aliphatic rings. The highest BCUT2D eigenvalue weighted by molar-refractivity contribution is 6.07. The van der Waals surface area contributed by atoms with Gasteiger partial charge in [0.15, 0.2) is 0 Å². The van der Waals surface area contributed by atoms with Crippen molar-refractivity contribution in [3.63, 3.8) is 0 Å². The molecule has 2 saturated heterocycles. The second-order valence-electron chi connectivity index (χ2n) is 5.50. The summed E-state index contributed by atoms with van der Waals surface area (Å²) < 4.78 is 0. The Morgan fingerprint density at radius 3 is 2.60 bits per heavy atom. The molecule has 6 nitrogen and oxygen atoms in total. The Bertz CT molecular complexity index is 394. The van der Waals surface area contributed by atoms with Gasteiger partial charge in [-0.15, -0.1) is 12.4 Å². The smallest absolute Gasteiger partial charge is 0.252 e. The van der Waals surface area contributed by atoms with Crippen LogP contribution >= 0.6 is 12.4 Å². The Hall–Kier alpha value is -1.14. The van der Waals surface area contributed by atoms with E-state index in [0.717, 1.165) is 19.4 Å². The average molecular weight is 304 g/mol. The molecule has 0 aromatic heterocycles.